The summed E-state index contributed by atoms with van der Waals surface area (Å²) < 4.78 is 7.58. The van der Waals surface area contributed by atoms with E-state index in [9.17, 15) is 4.79 Å². The second-order valence-electron chi connectivity index (χ2n) is 8.76. The number of carbonyl (C=O) groups excluding carboxylic acids is 1. The van der Waals surface area contributed by atoms with Crippen molar-refractivity contribution in [2.24, 2.45) is 0 Å². The molecule has 0 bridgehead atoms. The minimum absolute atomic E-state index is 0.0918. The molecule has 1 saturated heterocycles. The van der Waals surface area contributed by atoms with Gasteiger partial charge in [-0.3, -0.25) is 9.36 Å². The van der Waals surface area contributed by atoms with E-state index in [1.165, 1.54) is 31.0 Å². The molecule has 2 heterocycles. The van der Waals surface area contributed by atoms with Crippen molar-refractivity contribution in [3.63, 3.8) is 0 Å². The molecular formula is C24H35N5O2S. The number of likely N-dealkylation sites (tertiary alicyclic amines) is 1. The molecule has 1 aromatic heterocycles. The van der Waals surface area contributed by atoms with E-state index in [1.54, 1.807) is 7.11 Å². The molecule has 1 aromatic carbocycles. The number of ether oxygens (including phenoxy) is 1. The van der Waals surface area contributed by atoms with Gasteiger partial charge in [-0.25, -0.2) is 0 Å². The average Bonchev–Trinajstić information content (AvgIpc) is 3.28. The zero-order valence-electron chi connectivity index (χ0n) is 19.3. The van der Waals surface area contributed by atoms with Crippen LogP contribution in [0.15, 0.2) is 29.4 Å². The molecule has 2 aromatic rings. The number of hydrogen-bond acceptors (Lipinski definition) is 6. The summed E-state index contributed by atoms with van der Waals surface area (Å²) in [5.74, 6) is 2.18. The molecule has 0 radical (unpaired) electrons. The molecule has 1 saturated carbocycles. The first kappa shape index (κ1) is 23.1. The van der Waals surface area contributed by atoms with E-state index in [0.29, 0.717) is 11.8 Å². The van der Waals surface area contributed by atoms with Gasteiger partial charge in [-0.2, -0.15) is 0 Å². The SMILES string of the molecule is CCN1CCC(NC(=O)CSc2nnc(-c3ccc(OC)cc3)n2C2CCCCC2)CC1. The molecule has 4 rings (SSSR count). The first-order valence-electron chi connectivity index (χ1n) is 11.9. The molecule has 8 heteroatoms. The number of rotatable bonds is 8. The van der Waals surface area contributed by atoms with Crippen molar-refractivity contribution in [1.29, 1.82) is 0 Å². The summed E-state index contributed by atoms with van der Waals surface area (Å²) in [6, 6.07) is 8.66. The Kier molecular flexibility index (Phi) is 8.08. The molecule has 2 aliphatic rings. The van der Waals surface area contributed by atoms with Crippen LogP contribution in [0.25, 0.3) is 11.4 Å². The molecule has 1 aliphatic heterocycles. The quantitative estimate of drug-likeness (QED) is 0.601. The van der Waals surface area contributed by atoms with Gasteiger partial charge in [0.25, 0.3) is 0 Å². The Morgan fingerprint density at radius 3 is 2.47 bits per heavy atom. The smallest absolute Gasteiger partial charge is 0.230 e. The Balaban J connectivity index is 1.44. The Bertz CT molecular complexity index is 871. The van der Waals surface area contributed by atoms with Gasteiger partial charge in [0, 0.05) is 30.7 Å². The zero-order chi connectivity index (χ0) is 22.3. The van der Waals surface area contributed by atoms with Crippen molar-refractivity contribution in [2.75, 3.05) is 32.5 Å². The summed E-state index contributed by atoms with van der Waals surface area (Å²) in [7, 11) is 1.67. The summed E-state index contributed by atoms with van der Waals surface area (Å²) >= 11 is 1.51. The van der Waals surface area contributed by atoms with Crippen molar-refractivity contribution in [2.45, 2.75) is 69.1 Å². The molecule has 32 heavy (non-hydrogen) atoms. The van der Waals surface area contributed by atoms with E-state index in [1.807, 2.05) is 24.3 Å². The van der Waals surface area contributed by atoms with Gasteiger partial charge < -0.3 is 15.0 Å². The molecule has 2 fully saturated rings. The summed E-state index contributed by atoms with van der Waals surface area (Å²) in [6.07, 6.45) is 8.08. The summed E-state index contributed by atoms with van der Waals surface area (Å²) in [6.45, 7) is 5.41. The number of piperidine rings is 1. The molecule has 1 aliphatic carbocycles. The number of nitrogens with zero attached hydrogens (tertiary/aromatic N) is 4. The van der Waals surface area contributed by atoms with Crippen LogP contribution in [0, 0.1) is 0 Å². The lowest BCUT2D eigenvalue weighted by Crippen LogP contribution is -2.45. The monoisotopic (exact) mass is 457 g/mol. The Labute approximate surface area is 195 Å². The Hall–Kier alpha value is -2.06. The Morgan fingerprint density at radius 1 is 1.09 bits per heavy atom. The maximum Gasteiger partial charge on any atom is 0.230 e. The van der Waals surface area contributed by atoms with Crippen molar-refractivity contribution in [1.82, 2.24) is 25.0 Å². The van der Waals surface area contributed by atoms with Crippen LogP contribution in [-0.4, -0.2) is 64.1 Å². The highest BCUT2D eigenvalue weighted by Gasteiger charge is 2.25. The van der Waals surface area contributed by atoms with Crippen LogP contribution < -0.4 is 10.1 Å². The third kappa shape index (κ3) is 5.64. The highest BCUT2D eigenvalue weighted by atomic mass is 32.2. The molecule has 1 N–H and O–H groups in total. The predicted molar refractivity (Wildman–Crippen MR) is 128 cm³/mol. The lowest BCUT2D eigenvalue weighted by molar-refractivity contribution is -0.119. The fraction of sp³-hybridized carbons (Fsp3) is 0.625. The number of methoxy groups -OCH3 is 1. The lowest BCUT2D eigenvalue weighted by Gasteiger charge is -2.31. The molecular weight excluding hydrogens is 422 g/mol. The van der Waals surface area contributed by atoms with Crippen LogP contribution in [0.4, 0.5) is 0 Å². The first-order chi connectivity index (χ1) is 15.7. The van der Waals surface area contributed by atoms with Crippen LogP contribution in [0.2, 0.25) is 0 Å². The second-order valence-corrected chi connectivity index (χ2v) is 9.70. The van der Waals surface area contributed by atoms with Crippen LogP contribution >= 0.6 is 11.8 Å². The van der Waals surface area contributed by atoms with Crippen molar-refractivity contribution < 1.29 is 9.53 Å². The largest absolute Gasteiger partial charge is 0.497 e. The number of benzene rings is 1. The molecule has 174 valence electrons. The number of nitrogens with one attached hydrogen (secondary N) is 1. The van der Waals surface area contributed by atoms with Gasteiger partial charge in [0.15, 0.2) is 11.0 Å². The van der Waals surface area contributed by atoms with Gasteiger partial charge >= 0.3 is 0 Å². The van der Waals surface area contributed by atoms with Crippen molar-refractivity contribution >= 4 is 17.7 Å². The molecule has 0 atom stereocenters. The number of hydrogen-bond donors (Lipinski definition) is 1. The molecule has 0 unspecified atom stereocenters. The van der Waals surface area contributed by atoms with Gasteiger partial charge in [0.1, 0.15) is 5.75 Å². The summed E-state index contributed by atoms with van der Waals surface area (Å²) in [4.78, 5) is 15.1. The standard InChI is InChI=1S/C24H35N5O2S/c1-3-28-15-13-19(14-16-28)25-22(30)17-32-24-27-26-23(18-9-11-21(31-2)12-10-18)29(24)20-7-5-4-6-8-20/h9-12,19-20H,3-8,13-17H2,1-2H3,(H,25,30). The van der Waals surface area contributed by atoms with E-state index < -0.39 is 0 Å². The van der Waals surface area contributed by atoms with E-state index in [4.69, 9.17) is 4.74 Å². The fourth-order valence-electron chi connectivity index (χ4n) is 4.77. The van der Waals surface area contributed by atoms with Gasteiger partial charge in [0.05, 0.1) is 12.9 Å². The number of thioether (sulfide) groups is 1. The molecule has 7 nitrogen and oxygen atoms in total. The number of carbonyl (C=O) groups is 1. The first-order valence-corrected chi connectivity index (χ1v) is 12.9. The van der Waals surface area contributed by atoms with Gasteiger partial charge in [-0.05, 0) is 56.5 Å². The summed E-state index contributed by atoms with van der Waals surface area (Å²) in [5.41, 5.74) is 1.03. The van der Waals surface area contributed by atoms with E-state index >= 15 is 0 Å². The van der Waals surface area contributed by atoms with Crippen LogP contribution in [-0.2, 0) is 4.79 Å². The highest BCUT2D eigenvalue weighted by Crippen LogP contribution is 2.35. The second kappa shape index (κ2) is 11.2. The predicted octanol–water partition coefficient (Wildman–Crippen LogP) is 4.15. The van der Waals surface area contributed by atoms with E-state index in [-0.39, 0.29) is 11.9 Å². The topological polar surface area (TPSA) is 72.3 Å². The van der Waals surface area contributed by atoms with Crippen LogP contribution in [0.3, 0.4) is 0 Å². The number of amides is 1. The van der Waals surface area contributed by atoms with Gasteiger partial charge in [-0.1, -0.05) is 37.9 Å². The van der Waals surface area contributed by atoms with Gasteiger partial charge in [-0.15, -0.1) is 10.2 Å². The minimum Gasteiger partial charge on any atom is -0.497 e. The third-order valence-electron chi connectivity index (χ3n) is 6.68. The van der Waals surface area contributed by atoms with Crippen molar-refractivity contribution in [3.05, 3.63) is 24.3 Å². The third-order valence-corrected chi connectivity index (χ3v) is 7.63. The van der Waals surface area contributed by atoms with Gasteiger partial charge in [0.2, 0.25) is 5.91 Å². The average molecular weight is 458 g/mol. The minimum atomic E-state index is 0.0918. The normalized spacial score (nSPS) is 18.6. The van der Waals surface area contributed by atoms with Crippen LogP contribution in [0.1, 0.15) is 57.9 Å². The van der Waals surface area contributed by atoms with Crippen molar-refractivity contribution in [3.8, 4) is 17.1 Å². The molecule has 1 amide bonds. The fourth-order valence-corrected chi connectivity index (χ4v) is 5.59. The van der Waals surface area contributed by atoms with E-state index in [0.717, 1.165) is 67.6 Å². The van der Waals surface area contributed by atoms with Crippen LogP contribution in [0.5, 0.6) is 5.75 Å². The Morgan fingerprint density at radius 2 is 1.81 bits per heavy atom. The zero-order valence-corrected chi connectivity index (χ0v) is 20.1. The highest BCUT2D eigenvalue weighted by molar-refractivity contribution is 7.99. The molecule has 0 spiro atoms. The maximum absolute atomic E-state index is 12.7. The number of aromatic nitrogens is 3. The van der Waals surface area contributed by atoms with E-state index in [2.05, 4.69) is 31.9 Å². The summed E-state index contributed by atoms with van der Waals surface area (Å²) in [5, 5.41) is 13.1. The lowest BCUT2D eigenvalue weighted by atomic mass is 9.95. The maximum atomic E-state index is 12.7.